The van der Waals surface area contributed by atoms with Gasteiger partial charge in [-0.3, -0.25) is 29.4 Å². The molecule has 0 fully saturated rings. The Morgan fingerprint density at radius 2 is 2.04 bits per heavy atom. The van der Waals surface area contributed by atoms with Crippen molar-refractivity contribution in [1.29, 1.82) is 0 Å². The van der Waals surface area contributed by atoms with E-state index >= 15 is 0 Å². The number of esters is 1. The lowest BCUT2D eigenvalue weighted by Gasteiger charge is -2.27. The highest BCUT2D eigenvalue weighted by Gasteiger charge is 2.29. The minimum Gasteiger partial charge on any atom is -0.465 e. The molecule has 154 valence electrons. The minimum absolute atomic E-state index is 0.0424. The van der Waals surface area contributed by atoms with E-state index in [2.05, 4.69) is 10.7 Å². The van der Waals surface area contributed by atoms with Gasteiger partial charge in [0.15, 0.2) is 6.67 Å². The van der Waals surface area contributed by atoms with Gasteiger partial charge >= 0.3 is 5.97 Å². The summed E-state index contributed by atoms with van der Waals surface area (Å²) in [6.07, 6.45) is 1.67. The van der Waals surface area contributed by atoms with E-state index in [9.17, 15) is 28.4 Å². The molecular weight excluding hydrogens is 375 g/mol. The average Bonchev–Trinajstić information content (AvgIpc) is 2.63. The summed E-state index contributed by atoms with van der Waals surface area (Å²) >= 11 is 0. The Kier molecular flexibility index (Phi) is 8.79. The number of carbonyl (C=O) groups excluding carboxylic acids is 4. The zero-order chi connectivity index (χ0) is 21.3. The first-order chi connectivity index (χ1) is 13.3. The number of ether oxygens (including phenoxy) is 1. The first-order valence-corrected chi connectivity index (χ1v) is 8.50. The van der Waals surface area contributed by atoms with Crippen LogP contribution in [0.4, 0.5) is 10.1 Å². The van der Waals surface area contributed by atoms with Crippen LogP contribution in [0, 0.1) is 5.92 Å². The molecular formula is C17H23FN4O6. The quantitative estimate of drug-likeness (QED) is 0.343. The molecule has 3 amide bonds. The molecule has 0 spiro atoms. The molecule has 28 heavy (non-hydrogen) atoms. The summed E-state index contributed by atoms with van der Waals surface area (Å²) in [5.41, 5.74) is 1.49. The Hall–Kier alpha value is -3.24. The van der Waals surface area contributed by atoms with Crippen molar-refractivity contribution >= 4 is 29.9 Å². The number of halogens is 1. The van der Waals surface area contributed by atoms with Gasteiger partial charge in [-0.1, -0.05) is 13.8 Å². The van der Waals surface area contributed by atoms with E-state index in [-0.39, 0.29) is 12.3 Å². The maximum absolute atomic E-state index is 12.8. The summed E-state index contributed by atoms with van der Waals surface area (Å²) in [5.74, 6) is -3.21. The van der Waals surface area contributed by atoms with Crippen molar-refractivity contribution < 1.29 is 28.3 Å². The van der Waals surface area contributed by atoms with Gasteiger partial charge in [0.1, 0.15) is 18.3 Å². The van der Waals surface area contributed by atoms with E-state index in [4.69, 9.17) is 4.74 Å². The number of amides is 3. The van der Waals surface area contributed by atoms with E-state index in [0.29, 0.717) is 11.4 Å². The highest BCUT2D eigenvalue weighted by molar-refractivity contribution is 5.87. The lowest BCUT2D eigenvalue weighted by Crippen LogP contribution is -2.53. The van der Waals surface area contributed by atoms with Crippen LogP contribution < -0.4 is 16.3 Å². The van der Waals surface area contributed by atoms with Crippen molar-refractivity contribution in [3.63, 3.8) is 0 Å². The third-order valence-corrected chi connectivity index (χ3v) is 3.64. The smallest absolute Gasteiger partial charge is 0.327 e. The number of nitrogens with one attached hydrogen (secondary N) is 2. The van der Waals surface area contributed by atoms with Crippen LogP contribution in [0.5, 0.6) is 0 Å². The number of hydrogen-bond acceptors (Lipinski definition) is 6. The SMILES string of the molecule is CCOC(=O)CN(NC(=O)C(C(C)C)n1cccc(NC=O)c1=O)C(=O)CF. The van der Waals surface area contributed by atoms with Crippen LogP contribution in [-0.2, 0) is 23.9 Å². The van der Waals surface area contributed by atoms with Crippen LogP contribution >= 0.6 is 0 Å². The summed E-state index contributed by atoms with van der Waals surface area (Å²) < 4.78 is 18.6. The zero-order valence-electron chi connectivity index (χ0n) is 15.8. The number of pyridine rings is 1. The number of alkyl halides is 1. The molecule has 0 radical (unpaired) electrons. The molecule has 10 nitrogen and oxygen atoms in total. The zero-order valence-corrected chi connectivity index (χ0v) is 15.8. The van der Waals surface area contributed by atoms with Gasteiger partial charge in [-0.2, -0.15) is 0 Å². The van der Waals surface area contributed by atoms with Gasteiger partial charge in [0, 0.05) is 6.20 Å². The third kappa shape index (κ3) is 5.89. The Morgan fingerprint density at radius 3 is 2.57 bits per heavy atom. The fraction of sp³-hybridized carbons (Fsp3) is 0.471. The highest BCUT2D eigenvalue weighted by Crippen LogP contribution is 2.17. The van der Waals surface area contributed by atoms with Gasteiger partial charge in [0.25, 0.3) is 17.4 Å². The van der Waals surface area contributed by atoms with Crippen molar-refractivity contribution in [3.8, 4) is 0 Å². The lowest BCUT2D eigenvalue weighted by atomic mass is 10.0. The number of carbonyl (C=O) groups is 4. The molecule has 0 bridgehead atoms. The topological polar surface area (TPSA) is 127 Å². The molecule has 0 aliphatic heterocycles. The Labute approximate surface area is 160 Å². The second-order valence-corrected chi connectivity index (χ2v) is 5.98. The summed E-state index contributed by atoms with van der Waals surface area (Å²) in [4.78, 5) is 59.2. The van der Waals surface area contributed by atoms with Crippen LogP contribution in [0.25, 0.3) is 0 Å². The van der Waals surface area contributed by atoms with Gasteiger partial charge in [-0.05, 0) is 25.0 Å². The van der Waals surface area contributed by atoms with Crippen LogP contribution in [-0.4, -0.2) is 53.6 Å². The summed E-state index contributed by atoms with van der Waals surface area (Å²) in [6, 6.07) is 1.72. The van der Waals surface area contributed by atoms with Gasteiger partial charge < -0.3 is 14.6 Å². The number of hydrogen-bond donors (Lipinski definition) is 2. The Morgan fingerprint density at radius 1 is 1.36 bits per heavy atom. The van der Waals surface area contributed by atoms with Crippen molar-refractivity contribution in [3.05, 3.63) is 28.7 Å². The van der Waals surface area contributed by atoms with E-state index < -0.39 is 48.5 Å². The molecule has 0 aromatic carbocycles. The van der Waals surface area contributed by atoms with Crippen LogP contribution in [0.3, 0.4) is 0 Å². The third-order valence-electron chi connectivity index (χ3n) is 3.64. The van der Waals surface area contributed by atoms with E-state index in [1.165, 1.54) is 18.3 Å². The second kappa shape index (κ2) is 10.8. The molecule has 0 aliphatic rings. The molecule has 1 aromatic rings. The summed E-state index contributed by atoms with van der Waals surface area (Å²) in [7, 11) is 0. The molecule has 1 atom stereocenters. The first-order valence-electron chi connectivity index (χ1n) is 8.50. The van der Waals surface area contributed by atoms with Gasteiger partial charge in [-0.25, -0.2) is 9.40 Å². The largest absolute Gasteiger partial charge is 0.465 e. The molecule has 1 heterocycles. The molecule has 0 saturated carbocycles. The summed E-state index contributed by atoms with van der Waals surface area (Å²) in [6.45, 7) is 2.79. The number of hydrazine groups is 1. The molecule has 1 unspecified atom stereocenters. The highest BCUT2D eigenvalue weighted by atomic mass is 19.1. The minimum atomic E-state index is -1.44. The number of aromatic nitrogens is 1. The van der Waals surface area contributed by atoms with Crippen molar-refractivity contribution in [2.24, 2.45) is 5.92 Å². The first kappa shape index (κ1) is 22.8. The van der Waals surface area contributed by atoms with Crippen LogP contribution in [0.2, 0.25) is 0 Å². The van der Waals surface area contributed by atoms with E-state index in [1.54, 1.807) is 20.8 Å². The Balaban J connectivity index is 3.17. The predicted molar refractivity (Wildman–Crippen MR) is 96.7 cm³/mol. The van der Waals surface area contributed by atoms with Crippen molar-refractivity contribution in [2.75, 3.05) is 25.1 Å². The Bertz CT molecular complexity index is 779. The fourth-order valence-electron chi connectivity index (χ4n) is 2.45. The molecule has 0 saturated heterocycles. The van der Waals surface area contributed by atoms with Crippen LogP contribution in [0.15, 0.2) is 23.1 Å². The summed E-state index contributed by atoms with van der Waals surface area (Å²) in [5, 5.41) is 2.74. The lowest BCUT2D eigenvalue weighted by molar-refractivity contribution is -0.154. The van der Waals surface area contributed by atoms with Crippen LogP contribution in [0.1, 0.15) is 26.8 Å². The standard InChI is InChI=1S/C17H23FN4O6/c1-4-28-14(25)9-22(13(24)8-18)20-16(26)15(11(2)3)21-7-5-6-12(17(21)27)19-10-23/h5-7,10-11,15H,4,8-9H2,1-3H3,(H,19,23)(H,20,26). The van der Waals surface area contributed by atoms with Gasteiger partial charge in [0.05, 0.1) is 6.61 Å². The number of anilines is 1. The van der Waals surface area contributed by atoms with E-state index in [1.807, 2.05) is 0 Å². The van der Waals surface area contributed by atoms with Gasteiger partial charge in [0.2, 0.25) is 6.41 Å². The van der Waals surface area contributed by atoms with Gasteiger partial charge in [-0.15, -0.1) is 0 Å². The molecule has 0 aliphatic carbocycles. The fourth-order valence-corrected chi connectivity index (χ4v) is 2.45. The molecule has 1 rings (SSSR count). The van der Waals surface area contributed by atoms with Crippen molar-refractivity contribution in [1.82, 2.24) is 15.0 Å². The normalized spacial score (nSPS) is 11.5. The average molecular weight is 398 g/mol. The molecule has 11 heteroatoms. The van der Waals surface area contributed by atoms with Crippen molar-refractivity contribution in [2.45, 2.75) is 26.8 Å². The second-order valence-electron chi connectivity index (χ2n) is 5.98. The number of nitrogens with zero attached hydrogens (tertiary/aromatic N) is 2. The monoisotopic (exact) mass is 398 g/mol. The predicted octanol–water partition coefficient (Wildman–Crippen LogP) is 0.00610. The number of rotatable bonds is 9. The molecule has 1 aromatic heterocycles. The molecule has 2 N–H and O–H groups in total. The maximum Gasteiger partial charge on any atom is 0.327 e. The maximum atomic E-state index is 12.8. The van der Waals surface area contributed by atoms with E-state index in [0.717, 1.165) is 4.57 Å².